The molecule has 0 fully saturated rings. The zero-order chi connectivity index (χ0) is 10.8. The van der Waals surface area contributed by atoms with E-state index in [1.54, 1.807) is 0 Å². The molecule has 0 amide bonds. The van der Waals surface area contributed by atoms with E-state index in [0.717, 1.165) is 15.4 Å². The highest BCUT2D eigenvalue weighted by atomic mass is 79.9. The summed E-state index contributed by atoms with van der Waals surface area (Å²) in [6, 6.07) is 7.66. The lowest BCUT2D eigenvalue weighted by molar-refractivity contribution is 1.31. The number of rotatable bonds is 1. The molecule has 0 atom stereocenters. The van der Waals surface area contributed by atoms with E-state index in [0.29, 0.717) is 11.3 Å². The minimum absolute atomic E-state index is 0.433. The van der Waals surface area contributed by atoms with Gasteiger partial charge in [-0.05, 0) is 18.2 Å². The number of hydrogen-bond donors (Lipinski definition) is 2. The molecule has 2 aromatic rings. The molecule has 0 saturated carbocycles. The fraction of sp³-hybridized carbons (Fsp3) is 0. The van der Waals surface area contributed by atoms with Gasteiger partial charge in [0.15, 0.2) is 0 Å². The predicted octanol–water partition coefficient (Wildman–Crippen LogP) is 2.15. The summed E-state index contributed by atoms with van der Waals surface area (Å²) in [4.78, 5) is 4.16. The third kappa shape index (κ3) is 1.65. The number of nitrogens with zero attached hydrogens (tertiary/aromatic N) is 2. The molecular formula is C10H7BrN4. The highest BCUT2D eigenvalue weighted by Crippen LogP contribution is 2.27. The summed E-state index contributed by atoms with van der Waals surface area (Å²) in [5.41, 5.74) is 4.36. The molecule has 0 unspecified atom stereocenters. The van der Waals surface area contributed by atoms with Crippen molar-refractivity contribution in [3.8, 4) is 6.07 Å². The van der Waals surface area contributed by atoms with Crippen LogP contribution in [0.15, 0.2) is 28.9 Å². The maximum atomic E-state index is 8.88. The van der Waals surface area contributed by atoms with Crippen molar-refractivity contribution in [3.63, 3.8) is 0 Å². The first-order chi connectivity index (χ1) is 7.26. The van der Waals surface area contributed by atoms with E-state index in [-0.39, 0.29) is 0 Å². The first-order valence-electron chi connectivity index (χ1n) is 4.21. The zero-order valence-corrected chi connectivity index (χ0v) is 9.25. The van der Waals surface area contributed by atoms with Crippen molar-refractivity contribution in [3.05, 3.63) is 34.4 Å². The van der Waals surface area contributed by atoms with Gasteiger partial charge in [0, 0.05) is 16.1 Å². The second-order valence-electron chi connectivity index (χ2n) is 2.96. The van der Waals surface area contributed by atoms with E-state index < -0.39 is 0 Å². The summed E-state index contributed by atoms with van der Waals surface area (Å²) < 4.78 is 0.920. The summed E-state index contributed by atoms with van der Waals surface area (Å²) >= 11 is 3.36. The van der Waals surface area contributed by atoms with Crippen LogP contribution < -0.4 is 11.3 Å². The van der Waals surface area contributed by atoms with Gasteiger partial charge < -0.3 is 5.43 Å². The molecule has 0 aliphatic carbocycles. The van der Waals surface area contributed by atoms with Crippen molar-refractivity contribution >= 4 is 32.5 Å². The molecule has 0 aliphatic rings. The summed E-state index contributed by atoms with van der Waals surface area (Å²) in [6.07, 6.45) is 1.51. The van der Waals surface area contributed by atoms with Gasteiger partial charge in [-0.3, -0.25) is 10.8 Å². The molecule has 1 aromatic heterocycles. The van der Waals surface area contributed by atoms with Gasteiger partial charge in [-0.25, -0.2) is 0 Å². The smallest absolute Gasteiger partial charge is 0.103 e. The van der Waals surface area contributed by atoms with Crippen LogP contribution in [-0.2, 0) is 0 Å². The molecule has 4 nitrogen and oxygen atoms in total. The zero-order valence-electron chi connectivity index (χ0n) is 7.66. The van der Waals surface area contributed by atoms with Crippen molar-refractivity contribution in [2.24, 2.45) is 5.84 Å². The molecule has 0 aliphatic heterocycles. The summed E-state index contributed by atoms with van der Waals surface area (Å²) in [5.74, 6) is 5.40. The summed E-state index contributed by atoms with van der Waals surface area (Å²) in [5, 5.41) is 9.71. The number of hydrazine groups is 1. The number of nitrogens with two attached hydrogens (primary N) is 1. The second kappa shape index (κ2) is 3.85. The number of nitrogen functional groups attached to an aromatic ring is 1. The van der Waals surface area contributed by atoms with E-state index >= 15 is 0 Å². The third-order valence-electron chi connectivity index (χ3n) is 2.09. The van der Waals surface area contributed by atoms with Gasteiger partial charge in [0.2, 0.25) is 0 Å². The van der Waals surface area contributed by atoms with Crippen molar-refractivity contribution in [1.82, 2.24) is 4.98 Å². The quantitative estimate of drug-likeness (QED) is 0.610. The monoisotopic (exact) mass is 262 g/mol. The number of benzene rings is 1. The molecule has 1 aromatic carbocycles. The first-order valence-corrected chi connectivity index (χ1v) is 5.00. The normalized spacial score (nSPS) is 9.93. The van der Waals surface area contributed by atoms with Crippen LogP contribution in [-0.4, -0.2) is 4.98 Å². The van der Waals surface area contributed by atoms with Crippen LogP contribution in [0.2, 0.25) is 0 Å². The van der Waals surface area contributed by atoms with E-state index in [4.69, 9.17) is 11.1 Å². The Morgan fingerprint density at radius 2 is 2.27 bits per heavy atom. The van der Waals surface area contributed by atoms with Crippen LogP contribution in [0.4, 0.5) is 5.69 Å². The summed E-state index contributed by atoms with van der Waals surface area (Å²) in [7, 11) is 0. The number of halogens is 1. The highest BCUT2D eigenvalue weighted by Gasteiger charge is 2.07. The lowest BCUT2D eigenvalue weighted by Crippen LogP contribution is -2.09. The van der Waals surface area contributed by atoms with Gasteiger partial charge in [0.25, 0.3) is 0 Å². The number of aromatic nitrogens is 1. The predicted molar refractivity (Wildman–Crippen MR) is 62.0 cm³/mol. The Bertz CT molecular complexity index is 559. The standard InChI is InChI=1S/C10H7BrN4/c11-7-1-2-9-8(3-7)10(15-13)6(4-12)5-14-9/h1-3,5H,13H2,(H,14,15). The van der Waals surface area contributed by atoms with Gasteiger partial charge in [-0.1, -0.05) is 15.9 Å². The minimum atomic E-state index is 0.433. The maximum Gasteiger partial charge on any atom is 0.103 e. The molecule has 0 saturated heterocycles. The Morgan fingerprint density at radius 1 is 1.47 bits per heavy atom. The van der Waals surface area contributed by atoms with Crippen LogP contribution >= 0.6 is 15.9 Å². The molecule has 15 heavy (non-hydrogen) atoms. The molecule has 5 heteroatoms. The van der Waals surface area contributed by atoms with Crippen LogP contribution in [0.25, 0.3) is 10.9 Å². The lowest BCUT2D eigenvalue weighted by atomic mass is 10.1. The fourth-order valence-electron chi connectivity index (χ4n) is 1.41. The molecule has 0 bridgehead atoms. The van der Waals surface area contributed by atoms with Gasteiger partial charge >= 0.3 is 0 Å². The molecule has 0 spiro atoms. The lowest BCUT2D eigenvalue weighted by Gasteiger charge is -2.07. The van der Waals surface area contributed by atoms with Crippen molar-refractivity contribution in [2.75, 3.05) is 5.43 Å². The van der Waals surface area contributed by atoms with Crippen molar-refractivity contribution in [2.45, 2.75) is 0 Å². The number of hydrogen-bond acceptors (Lipinski definition) is 4. The van der Waals surface area contributed by atoms with Crippen LogP contribution in [0.3, 0.4) is 0 Å². The SMILES string of the molecule is N#Cc1cnc2ccc(Br)cc2c1NN. The number of pyridine rings is 1. The molecule has 2 rings (SSSR count). The molecular weight excluding hydrogens is 256 g/mol. The number of anilines is 1. The minimum Gasteiger partial charge on any atom is -0.322 e. The molecule has 0 radical (unpaired) electrons. The largest absolute Gasteiger partial charge is 0.322 e. The van der Waals surface area contributed by atoms with Gasteiger partial charge in [-0.2, -0.15) is 5.26 Å². The Balaban J connectivity index is 2.86. The highest BCUT2D eigenvalue weighted by molar-refractivity contribution is 9.10. The second-order valence-corrected chi connectivity index (χ2v) is 3.88. The molecule has 3 N–H and O–H groups in total. The Kier molecular flexibility index (Phi) is 2.54. The number of nitrogens with one attached hydrogen (secondary N) is 1. The molecule has 74 valence electrons. The number of nitriles is 1. The number of fused-ring (bicyclic) bond motifs is 1. The van der Waals surface area contributed by atoms with E-state index in [1.807, 2.05) is 24.3 Å². The van der Waals surface area contributed by atoms with E-state index in [2.05, 4.69) is 26.3 Å². The third-order valence-corrected chi connectivity index (χ3v) is 2.59. The fourth-order valence-corrected chi connectivity index (χ4v) is 1.77. The Morgan fingerprint density at radius 3 is 2.93 bits per heavy atom. The average molecular weight is 263 g/mol. The van der Waals surface area contributed by atoms with Gasteiger partial charge in [-0.15, -0.1) is 0 Å². The Hall–Kier alpha value is -1.64. The topological polar surface area (TPSA) is 74.7 Å². The maximum absolute atomic E-state index is 8.88. The van der Waals surface area contributed by atoms with Gasteiger partial charge in [0.05, 0.1) is 16.8 Å². The Labute approximate surface area is 94.8 Å². The van der Waals surface area contributed by atoms with Crippen LogP contribution in [0, 0.1) is 11.3 Å². The van der Waals surface area contributed by atoms with E-state index in [9.17, 15) is 0 Å². The first kappa shape index (κ1) is 9.90. The van der Waals surface area contributed by atoms with Crippen molar-refractivity contribution < 1.29 is 0 Å². The average Bonchev–Trinajstić information content (AvgIpc) is 2.27. The van der Waals surface area contributed by atoms with Crippen molar-refractivity contribution in [1.29, 1.82) is 5.26 Å². The van der Waals surface area contributed by atoms with E-state index in [1.165, 1.54) is 6.20 Å². The van der Waals surface area contributed by atoms with Gasteiger partial charge in [0.1, 0.15) is 6.07 Å². The van der Waals surface area contributed by atoms with Crippen LogP contribution in [0.5, 0.6) is 0 Å². The molecule has 1 heterocycles. The summed E-state index contributed by atoms with van der Waals surface area (Å²) in [6.45, 7) is 0. The van der Waals surface area contributed by atoms with Crippen LogP contribution in [0.1, 0.15) is 5.56 Å².